The molecule has 21 heavy (non-hydrogen) atoms. The van der Waals surface area contributed by atoms with E-state index in [4.69, 9.17) is 10.5 Å². The van der Waals surface area contributed by atoms with Gasteiger partial charge in [-0.25, -0.2) is 4.79 Å². The number of hydrogen-bond acceptors (Lipinski definition) is 3. The summed E-state index contributed by atoms with van der Waals surface area (Å²) in [5, 5.41) is 5.29. The maximum atomic E-state index is 11.7. The molecule has 0 aliphatic carbocycles. The Balaban J connectivity index is 2.24. The third-order valence-electron chi connectivity index (χ3n) is 2.74. The Labute approximate surface area is 124 Å². The monoisotopic (exact) mass is 291 g/mol. The number of carbonyl (C=O) groups is 2. The minimum absolute atomic E-state index is 0.0517. The van der Waals surface area contributed by atoms with Crippen LogP contribution >= 0.6 is 0 Å². The van der Waals surface area contributed by atoms with Crippen LogP contribution in [0.4, 0.5) is 10.5 Å². The molecule has 114 valence electrons. The molecule has 6 nitrogen and oxygen atoms in total. The highest BCUT2D eigenvalue weighted by Crippen LogP contribution is 2.11. The number of urea groups is 1. The van der Waals surface area contributed by atoms with E-state index < -0.39 is 6.03 Å². The number of primary amides is 1. The van der Waals surface area contributed by atoms with Crippen molar-refractivity contribution < 1.29 is 14.3 Å². The summed E-state index contributed by atoms with van der Waals surface area (Å²) in [5.41, 5.74) is 6.69. The molecule has 0 atom stereocenters. The van der Waals surface area contributed by atoms with Crippen molar-refractivity contribution in [1.82, 2.24) is 5.32 Å². The number of amides is 3. The first-order valence-corrected chi connectivity index (χ1v) is 6.76. The van der Waals surface area contributed by atoms with Gasteiger partial charge >= 0.3 is 6.03 Å². The highest BCUT2D eigenvalue weighted by Gasteiger charge is 2.02. The fourth-order valence-electron chi connectivity index (χ4n) is 1.69. The maximum Gasteiger partial charge on any atom is 0.312 e. The van der Waals surface area contributed by atoms with Crippen LogP contribution in [0.15, 0.2) is 37.1 Å². The maximum absolute atomic E-state index is 11.7. The van der Waals surface area contributed by atoms with E-state index in [1.165, 1.54) is 6.26 Å². The average molecular weight is 291 g/mol. The van der Waals surface area contributed by atoms with E-state index in [1.54, 1.807) is 0 Å². The van der Waals surface area contributed by atoms with Crippen LogP contribution in [0.2, 0.25) is 0 Å². The number of ether oxygens (including phenoxy) is 1. The molecule has 0 unspecified atom stereocenters. The molecule has 1 rings (SSSR count). The number of hydrogen-bond donors (Lipinski definition) is 3. The Morgan fingerprint density at radius 2 is 1.95 bits per heavy atom. The van der Waals surface area contributed by atoms with Crippen LogP contribution < -0.4 is 16.4 Å². The van der Waals surface area contributed by atoms with E-state index in [0.717, 1.165) is 11.3 Å². The molecule has 0 saturated carbocycles. The average Bonchev–Trinajstić information content (AvgIpc) is 2.46. The SMILES string of the molecule is C=COCc1ccc(NC(=O)CCCCNC(N)=O)cc1. The molecule has 6 heteroatoms. The molecule has 1 aromatic rings. The molecule has 0 aliphatic heterocycles. The molecule has 0 fully saturated rings. The van der Waals surface area contributed by atoms with Crippen molar-refractivity contribution in [3.05, 3.63) is 42.7 Å². The van der Waals surface area contributed by atoms with E-state index in [-0.39, 0.29) is 5.91 Å². The third-order valence-corrected chi connectivity index (χ3v) is 2.74. The molecular weight excluding hydrogens is 270 g/mol. The van der Waals surface area contributed by atoms with Crippen molar-refractivity contribution in [3.63, 3.8) is 0 Å². The highest BCUT2D eigenvalue weighted by atomic mass is 16.5. The third kappa shape index (κ3) is 7.61. The first kappa shape index (κ1) is 16.6. The summed E-state index contributed by atoms with van der Waals surface area (Å²) in [5.74, 6) is -0.0517. The van der Waals surface area contributed by atoms with Crippen molar-refractivity contribution >= 4 is 17.6 Å². The lowest BCUT2D eigenvalue weighted by Crippen LogP contribution is -2.30. The summed E-state index contributed by atoms with van der Waals surface area (Å²) >= 11 is 0. The number of carbonyl (C=O) groups excluding carboxylic acids is 2. The van der Waals surface area contributed by atoms with Crippen LogP contribution in [0.3, 0.4) is 0 Å². The summed E-state index contributed by atoms with van der Waals surface area (Å²) in [6, 6.07) is 6.88. The number of nitrogens with one attached hydrogen (secondary N) is 2. The Kier molecular flexibility index (Phi) is 7.42. The number of rotatable bonds is 9. The second-order valence-electron chi connectivity index (χ2n) is 4.47. The van der Waals surface area contributed by atoms with Gasteiger partial charge in [-0.05, 0) is 30.5 Å². The summed E-state index contributed by atoms with van der Waals surface area (Å²) in [6.07, 6.45) is 3.20. The summed E-state index contributed by atoms with van der Waals surface area (Å²) in [4.78, 5) is 22.2. The van der Waals surface area contributed by atoms with Gasteiger partial charge in [0.2, 0.25) is 5.91 Å². The lowest BCUT2D eigenvalue weighted by atomic mass is 10.2. The molecule has 0 heterocycles. The van der Waals surface area contributed by atoms with Crippen LogP contribution in [0.5, 0.6) is 0 Å². The van der Waals surface area contributed by atoms with E-state index in [0.29, 0.717) is 32.4 Å². The quantitative estimate of drug-likeness (QED) is 0.480. The Morgan fingerprint density at radius 3 is 2.57 bits per heavy atom. The molecule has 1 aromatic carbocycles. The Bertz CT molecular complexity index is 472. The summed E-state index contributed by atoms with van der Waals surface area (Å²) < 4.78 is 5.07. The van der Waals surface area contributed by atoms with Gasteiger partial charge in [-0.1, -0.05) is 18.7 Å². The first-order chi connectivity index (χ1) is 10.1. The molecule has 0 radical (unpaired) electrons. The molecule has 0 saturated heterocycles. The highest BCUT2D eigenvalue weighted by molar-refractivity contribution is 5.90. The first-order valence-electron chi connectivity index (χ1n) is 6.76. The number of benzene rings is 1. The number of unbranched alkanes of at least 4 members (excludes halogenated alkanes) is 1. The zero-order chi connectivity index (χ0) is 15.5. The lowest BCUT2D eigenvalue weighted by Gasteiger charge is -2.07. The number of anilines is 1. The van der Waals surface area contributed by atoms with Crippen LogP contribution in [0.25, 0.3) is 0 Å². The standard InChI is InChI=1S/C15H21N3O3/c1-2-21-11-12-6-8-13(9-7-12)18-14(19)5-3-4-10-17-15(16)20/h2,6-9H,1,3-5,10-11H2,(H,18,19)(H3,16,17,20). The Hall–Kier alpha value is -2.50. The summed E-state index contributed by atoms with van der Waals surface area (Å²) in [6.45, 7) is 4.42. The van der Waals surface area contributed by atoms with Crippen LogP contribution in [-0.2, 0) is 16.1 Å². The smallest absolute Gasteiger partial charge is 0.312 e. The van der Waals surface area contributed by atoms with Gasteiger partial charge in [0.15, 0.2) is 0 Å². The normalized spacial score (nSPS) is 9.71. The zero-order valence-corrected chi connectivity index (χ0v) is 11.9. The van der Waals surface area contributed by atoms with Crippen molar-refractivity contribution in [3.8, 4) is 0 Å². The van der Waals surface area contributed by atoms with Gasteiger partial charge in [-0.2, -0.15) is 0 Å². The second-order valence-corrected chi connectivity index (χ2v) is 4.47. The van der Waals surface area contributed by atoms with Gasteiger partial charge in [0.25, 0.3) is 0 Å². The van der Waals surface area contributed by atoms with E-state index in [9.17, 15) is 9.59 Å². The van der Waals surface area contributed by atoms with Crippen molar-refractivity contribution in [2.45, 2.75) is 25.9 Å². The summed E-state index contributed by atoms with van der Waals surface area (Å²) in [7, 11) is 0. The fourth-order valence-corrected chi connectivity index (χ4v) is 1.69. The van der Waals surface area contributed by atoms with Crippen molar-refractivity contribution in [2.24, 2.45) is 5.73 Å². The molecule has 0 aromatic heterocycles. The van der Waals surface area contributed by atoms with Gasteiger partial charge < -0.3 is 21.1 Å². The predicted molar refractivity (Wildman–Crippen MR) is 81.5 cm³/mol. The molecular formula is C15H21N3O3. The topological polar surface area (TPSA) is 93.4 Å². The van der Waals surface area contributed by atoms with E-state index >= 15 is 0 Å². The predicted octanol–water partition coefficient (Wildman–Crippen LogP) is 2.12. The van der Waals surface area contributed by atoms with Gasteiger partial charge in [0, 0.05) is 18.7 Å². The molecule has 3 amide bonds. The van der Waals surface area contributed by atoms with E-state index in [1.807, 2.05) is 24.3 Å². The zero-order valence-electron chi connectivity index (χ0n) is 11.9. The fraction of sp³-hybridized carbons (Fsp3) is 0.333. The van der Waals surface area contributed by atoms with Crippen LogP contribution in [0.1, 0.15) is 24.8 Å². The van der Waals surface area contributed by atoms with Gasteiger partial charge in [-0.3, -0.25) is 4.79 Å². The molecule has 4 N–H and O–H groups in total. The molecule has 0 aliphatic rings. The minimum atomic E-state index is -0.542. The van der Waals surface area contributed by atoms with Crippen LogP contribution in [0, 0.1) is 0 Å². The minimum Gasteiger partial charge on any atom is -0.497 e. The van der Waals surface area contributed by atoms with Gasteiger partial charge in [0.1, 0.15) is 6.61 Å². The number of nitrogens with two attached hydrogens (primary N) is 1. The van der Waals surface area contributed by atoms with Gasteiger partial charge in [0.05, 0.1) is 6.26 Å². The van der Waals surface area contributed by atoms with E-state index in [2.05, 4.69) is 17.2 Å². The lowest BCUT2D eigenvalue weighted by molar-refractivity contribution is -0.116. The van der Waals surface area contributed by atoms with Crippen molar-refractivity contribution in [1.29, 1.82) is 0 Å². The second kappa shape index (κ2) is 9.41. The molecule has 0 spiro atoms. The van der Waals surface area contributed by atoms with Crippen LogP contribution in [-0.4, -0.2) is 18.5 Å². The van der Waals surface area contributed by atoms with Gasteiger partial charge in [-0.15, -0.1) is 0 Å². The van der Waals surface area contributed by atoms with Crippen molar-refractivity contribution in [2.75, 3.05) is 11.9 Å². The Morgan fingerprint density at radius 1 is 1.24 bits per heavy atom. The molecule has 0 bridgehead atoms. The largest absolute Gasteiger partial charge is 0.497 e.